The highest BCUT2D eigenvalue weighted by Gasteiger charge is 2.34. The van der Waals surface area contributed by atoms with Gasteiger partial charge in [-0.25, -0.2) is 0 Å². The summed E-state index contributed by atoms with van der Waals surface area (Å²) in [5.74, 6) is -1.35. The lowest BCUT2D eigenvalue weighted by atomic mass is 9.85. The number of aromatic nitrogens is 1. The molecule has 0 spiro atoms. The van der Waals surface area contributed by atoms with Gasteiger partial charge in [0.1, 0.15) is 0 Å². The summed E-state index contributed by atoms with van der Waals surface area (Å²) in [6.45, 7) is 2.61. The van der Waals surface area contributed by atoms with Crippen LogP contribution in [0.4, 0.5) is 5.69 Å². The third-order valence-electron chi connectivity index (χ3n) is 5.02. The molecule has 0 saturated heterocycles. The van der Waals surface area contributed by atoms with Crippen molar-refractivity contribution in [1.29, 1.82) is 0 Å². The Morgan fingerprint density at radius 3 is 2.55 bits per heavy atom. The molecule has 0 atom stereocenters. The molecule has 1 heterocycles. The smallest absolute Gasteiger partial charge is 0.317 e. The fourth-order valence-corrected chi connectivity index (χ4v) is 3.38. The molecule has 0 radical (unpaired) electrons. The predicted octanol–water partition coefficient (Wildman–Crippen LogP) is 2.00. The van der Waals surface area contributed by atoms with Gasteiger partial charge in [0, 0.05) is 35.7 Å². The lowest BCUT2D eigenvalue weighted by molar-refractivity contribution is -0.139. The van der Waals surface area contributed by atoms with E-state index in [1.807, 2.05) is 11.8 Å². The van der Waals surface area contributed by atoms with Crippen LogP contribution in [0.2, 0.25) is 0 Å². The Morgan fingerprint density at radius 2 is 1.90 bits per heavy atom. The number of amides is 2. The number of hydrogen-bond acceptors (Lipinski definition) is 5. The number of likely N-dealkylation sites (N-methyl/N-ethyl adjacent to an activating group) is 1. The number of nitrogens with one attached hydrogen (secondary N) is 2. The zero-order chi connectivity index (χ0) is 20.8. The van der Waals surface area contributed by atoms with Crippen molar-refractivity contribution in [2.45, 2.75) is 31.8 Å². The van der Waals surface area contributed by atoms with Crippen LogP contribution in [0.15, 0.2) is 48.8 Å². The third kappa shape index (κ3) is 5.39. The van der Waals surface area contributed by atoms with E-state index in [0.717, 1.165) is 12.8 Å². The van der Waals surface area contributed by atoms with Gasteiger partial charge in [0.05, 0.1) is 12.1 Å². The molecule has 2 aromatic rings. The van der Waals surface area contributed by atoms with E-state index in [4.69, 9.17) is 5.11 Å². The monoisotopic (exact) mass is 396 g/mol. The van der Waals surface area contributed by atoms with Gasteiger partial charge in [0.2, 0.25) is 0 Å². The number of aliphatic carboxylic acids is 1. The number of benzene rings is 1. The van der Waals surface area contributed by atoms with Gasteiger partial charge in [0.15, 0.2) is 0 Å². The standard InChI is InChI=1S/C21H24N4O4/c1-2-25(13-19(26)27)18-10-17(11-18)24-20(28)14-5-3-7-16(9-14)23-21(29)15-6-4-8-22-12-15/h3-9,12,17-18H,2,10-11,13H2,1H3,(H,23,29)(H,24,28)(H,26,27). The second-order valence-electron chi connectivity index (χ2n) is 7.03. The summed E-state index contributed by atoms with van der Waals surface area (Å²) in [7, 11) is 0. The highest BCUT2D eigenvalue weighted by molar-refractivity contribution is 6.04. The number of rotatable bonds is 8. The van der Waals surface area contributed by atoms with Crippen molar-refractivity contribution in [1.82, 2.24) is 15.2 Å². The van der Waals surface area contributed by atoms with Crippen molar-refractivity contribution in [2.24, 2.45) is 0 Å². The first-order valence-corrected chi connectivity index (χ1v) is 9.54. The molecule has 3 N–H and O–H groups in total. The van der Waals surface area contributed by atoms with Crippen LogP contribution < -0.4 is 10.6 Å². The number of nitrogens with zero attached hydrogens (tertiary/aromatic N) is 2. The van der Waals surface area contributed by atoms with Crippen LogP contribution in [0.5, 0.6) is 0 Å². The topological polar surface area (TPSA) is 112 Å². The Kier molecular flexibility index (Phi) is 6.56. The van der Waals surface area contributed by atoms with Gasteiger partial charge in [-0.15, -0.1) is 0 Å². The van der Waals surface area contributed by atoms with Gasteiger partial charge in [-0.05, 0) is 49.7 Å². The first-order valence-electron chi connectivity index (χ1n) is 9.54. The molecule has 1 aromatic heterocycles. The van der Waals surface area contributed by atoms with E-state index in [1.165, 1.54) is 6.20 Å². The van der Waals surface area contributed by atoms with Crippen molar-refractivity contribution >= 4 is 23.5 Å². The molecule has 1 fully saturated rings. The average molecular weight is 396 g/mol. The summed E-state index contributed by atoms with van der Waals surface area (Å²) in [4.78, 5) is 41.5. The second kappa shape index (κ2) is 9.29. The van der Waals surface area contributed by atoms with Gasteiger partial charge in [0.25, 0.3) is 11.8 Å². The van der Waals surface area contributed by atoms with Crippen LogP contribution in [0, 0.1) is 0 Å². The highest BCUT2D eigenvalue weighted by atomic mass is 16.4. The van der Waals surface area contributed by atoms with E-state index < -0.39 is 5.97 Å². The third-order valence-corrected chi connectivity index (χ3v) is 5.02. The van der Waals surface area contributed by atoms with Crippen LogP contribution in [-0.4, -0.2) is 57.9 Å². The van der Waals surface area contributed by atoms with Crippen molar-refractivity contribution in [3.8, 4) is 0 Å². The maximum absolute atomic E-state index is 12.5. The fourth-order valence-electron chi connectivity index (χ4n) is 3.38. The molecular formula is C21H24N4O4. The molecule has 8 heteroatoms. The zero-order valence-corrected chi connectivity index (χ0v) is 16.2. The predicted molar refractivity (Wildman–Crippen MR) is 108 cm³/mol. The Morgan fingerprint density at radius 1 is 1.14 bits per heavy atom. The normalized spacial score (nSPS) is 18.0. The summed E-state index contributed by atoms with van der Waals surface area (Å²) in [5.41, 5.74) is 1.41. The van der Waals surface area contributed by atoms with E-state index in [1.54, 1.807) is 42.6 Å². The molecular weight excluding hydrogens is 372 g/mol. The van der Waals surface area contributed by atoms with Crippen molar-refractivity contribution in [3.05, 3.63) is 59.9 Å². The highest BCUT2D eigenvalue weighted by Crippen LogP contribution is 2.26. The number of pyridine rings is 1. The largest absolute Gasteiger partial charge is 0.480 e. The first kappa shape index (κ1) is 20.5. The zero-order valence-electron chi connectivity index (χ0n) is 16.2. The average Bonchev–Trinajstić information content (AvgIpc) is 2.69. The van der Waals surface area contributed by atoms with Crippen molar-refractivity contribution < 1.29 is 19.5 Å². The molecule has 3 rings (SSSR count). The number of carbonyl (C=O) groups excluding carboxylic acids is 2. The lowest BCUT2D eigenvalue weighted by Crippen LogP contribution is -2.54. The van der Waals surface area contributed by atoms with Gasteiger partial charge in [-0.2, -0.15) is 0 Å². The molecule has 8 nitrogen and oxygen atoms in total. The Hall–Kier alpha value is -3.26. The number of anilines is 1. The van der Waals surface area contributed by atoms with Gasteiger partial charge >= 0.3 is 5.97 Å². The summed E-state index contributed by atoms with van der Waals surface area (Å²) in [6, 6.07) is 10.3. The second-order valence-corrected chi connectivity index (χ2v) is 7.03. The van der Waals surface area contributed by atoms with Crippen molar-refractivity contribution in [3.63, 3.8) is 0 Å². The molecule has 1 saturated carbocycles. The first-order chi connectivity index (χ1) is 14.0. The van der Waals surface area contributed by atoms with Crippen LogP contribution >= 0.6 is 0 Å². The van der Waals surface area contributed by atoms with Crippen LogP contribution in [0.25, 0.3) is 0 Å². The Labute approximate surface area is 168 Å². The Balaban J connectivity index is 1.54. The summed E-state index contributed by atoms with van der Waals surface area (Å²) in [5, 5.41) is 14.7. The molecule has 2 amide bonds. The van der Waals surface area contributed by atoms with Crippen LogP contribution in [0.3, 0.4) is 0 Å². The maximum Gasteiger partial charge on any atom is 0.317 e. The SMILES string of the molecule is CCN(CC(=O)O)C1CC(NC(=O)c2cccc(NC(=O)c3cccnc3)c2)C1. The minimum atomic E-state index is -0.843. The van der Waals surface area contributed by atoms with Gasteiger partial charge in [-0.3, -0.25) is 24.3 Å². The van der Waals surface area contributed by atoms with E-state index >= 15 is 0 Å². The molecule has 152 valence electrons. The molecule has 1 aromatic carbocycles. The summed E-state index contributed by atoms with van der Waals surface area (Å²) >= 11 is 0. The number of carboxylic acids is 1. The van der Waals surface area contributed by atoms with E-state index in [9.17, 15) is 14.4 Å². The van der Waals surface area contributed by atoms with E-state index in [0.29, 0.717) is 23.4 Å². The van der Waals surface area contributed by atoms with Gasteiger partial charge in [-0.1, -0.05) is 13.0 Å². The minimum Gasteiger partial charge on any atom is -0.480 e. The number of carboxylic acid groups (broad SMARTS) is 1. The van der Waals surface area contributed by atoms with Gasteiger partial charge < -0.3 is 15.7 Å². The molecule has 1 aliphatic carbocycles. The Bertz CT molecular complexity index is 881. The molecule has 0 unspecified atom stereocenters. The number of hydrogen-bond donors (Lipinski definition) is 3. The summed E-state index contributed by atoms with van der Waals surface area (Å²) in [6.07, 6.45) is 4.52. The summed E-state index contributed by atoms with van der Waals surface area (Å²) < 4.78 is 0. The van der Waals surface area contributed by atoms with Crippen LogP contribution in [0.1, 0.15) is 40.5 Å². The maximum atomic E-state index is 12.5. The quantitative estimate of drug-likeness (QED) is 0.629. The molecule has 1 aliphatic rings. The van der Waals surface area contributed by atoms with E-state index in [2.05, 4.69) is 15.6 Å². The fraction of sp³-hybridized carbons (Fsp3) is 0.333. The van der Waals surface area contributed by atoms with Crippen molar-refractivity contribution in [2.75, 3.05) is 18.4 Å². The molecule has 0 bridgehead atoms. The molecule has 0 aliphatic heterocycles. The minimum absolute atomic E-state index is 0.0144. The number of carbonyl (C=O) groups is 3. The lowest BCUT2D eigenvalue weighted by Gasteiger charge is -2.42. The molecule has 29 heavy (non-hydrogen) atoms. The van der Waals surface area contributed by atoms with Crippen LogP contribution in [-0.2, 0) is 4.79 Å². The van der Waals surface area contributed by atoms with E-state index in [-0.39, 0.29) is 30.4 Å².